The van der Waals surface area contributed by atoms with Crippen molar-refractivity contribution in [1.82, 2.24) is 0 Å². The van der Waals surface area contributed by atoms with E-state index in [4.69, 9.17) is 9.47 Å². The molecule has 0 aromatic heterocycles. The lowest BCUT2D eigenvalue weighted by atomic mass is 9.94. The summed E-state index contributed by atoms with van der Waals surface area (Å²) in [6.45, 7) is 4.64. The van der Waals surface area contributed by atoms with Gasteiger partial charge in [-0.05, 0) is 43.7 Å². The van der Waals surface area contributed by atoms with Gasteiger partial charge in [-0.3, -0.25) is 0 Å². The molecule has 3 heteroatoms. The van der Waals surface area contributed by atoms with Crippen molar-refractivity contribution in [3.05, 3.63) is 59.2 Å². The third-order valence-electron chi connectivity index (χ3n) is 3.79. The molecule has 2 aromatic rings. The molecular weight excluding hydrogens is 264 g/mol. The van der Waals surface area contributed by atoms with Gasteiger partial charge < -0.3 is 14.6 Å². The van der Waals surface area contributed by atoms with Crippen LogP contribution in [0, 0.1) is 6.92 Å². The molecule has 0 fully saturated rings. The van der Waals surface area contributed by atoms with Crippen molar-refractivity contribution in [2.75, 3.05) is 6.61 Å². The molecule has 0 bridgehead atoms. The first-order valence-corrected chi connectivity index (χ1v) is 7.35. The van der Waals surface area contributed by atoms with Crippen molar-refractivity contribution in [2.45, 2.75) is 32.5 Å². The average Bonchev–Trinajstić information content (AvgIpc) is 2.49. The summed E-state index contributed by atoms with van der Waals surface area (Å²) in [6, 6.07) is 13.8. The molecule has 1 heterocycles. The first-order valence-electron chi connectivity index (χ1n) is 7.35. The number of rotatable bonds is 3. The fourth-order valence-corrected chi connectivity index (χ4v) is 2.72. The number of fused-ring (bicyclic) bond motifs is 1. The van der Waals surface area contributed by atoms with Crippen LogP contribution < -0.4 is 9.47 Å². The Balaban J connectivity index is 1.83. The number of aliphatic hydroxyl groups excluding tert-OH is 1. The minimum atomic E-state index is -0.481. The normalized spacial score (nSPS) is 20.5. The molecule has 1 aliphatic rings. The van der Waals surface area contributed by atoms with Crippen molar-refractivity contribution >= 4 is 0 Å². The van der Waals surface area contributed by atoms with Gasteiger partial charge in [0.1, 0.15) is 17.6 Å². The Bertz CT molecular complexity index is 619. The van der Waals surface area contributed by atoms with Gasteiger partial charge in [-0.1, -0.05) is 23.8 Å². The van der Waals surface area contributed by atoms with Crippen LogP contribution in [0.25, 0.3) is 0 Å². The topological polar surface area (TPSA) is 38.7 Å². The van der Waals surface area contributed by atoms with Crippen LogP contribution >= 0.6 is 0 Å². The lowest BCUT2D eigenvalue weighted by Crippen LogP contribution is -2.19. The van der Waals surface area contributed by atoms with Gasteiger partial charge in [0.05, 0.1) is 12.7 Å². The van der Waals surface area contributed by atoms with E-state index in [1.54, 1.807) is 0 Å². The van der Waals surface area contributed by atoms with Crippen molar-refractivity contribution < 1.29 is 14.6 Å². The SMILES string of the molecule is CCOc1ccc(C2C[C@@H](O)c3cc(C)ccc3O2)cc1. The highest BCUT2D eigenvalue weighted by Crippen LogP contribution is 2.41. The number of hydrogen-bond donors (Lipinski definition) is 1. The average molecular weight is 284 g/mol. The van der Waals surface area contributed by atoms with Crippen LogP contribution in [0.15, 0.2) is 42.5 Å². The molecule has 2 atom stereocenters. The standard InChI is InChI=1S/C18H20O3/c1-3-20-14-7-5-13(6-8-14)18-11-16(19)15-10-12(2)4-9-17(15)21-18/h4-10,16,18-19H,3,11H2,1-2H3/t16-,18?/m1/s1. The number of ether oxygens (including phenoxy) is 2. The molecule has 3 nitrogen and oxygen atoms in total. The molecule has 110 valence electrons. The quantitative estimate of drug-likeness (QED) is 0.927. The predicted molar refractivity (Wildman–Crippen MR) is 81.7 cm³/mol. The van der Waals surface area contributed by atoms with E-state index in [0.29, 0.717) is 13.0 Å². The summed E-state index contributed by atoms with van der Waals surface area (Å²) in [4.78, 5) is 0. The lowest BCUT2D eigenvalue weighted by molar-refractivity contribution is 0.0656. The monoisotopic (exact) mass is 284 g/mol. The summed E-state index contributed by atoms with van der Waals surface area (Å²) in [5, 5.41) is 10.4. The molecule has 1 N–H and O–H groups in total. The van der Waals surface area contributed by atoms with Crippen molar-refractivity contribution in [2.24, 2.45) is 0 Å². The lowest BCUT2D eigenvalue weighted by Gasteiger charge is -2.30. The van der Waals surface area contributed by atoms with Gasteiger partial charge >= 0.3 is 0 Å². The van der Waals surface area contributed by atoms with Gasteiger partial charge in [0, 0.05) is 12.0 Å². The highest BCUT2D eigenvalue weighted by Gasteiger charge is 2.27. The Labute approximate surface area is 125 Å². The van der Waals surface area contributed by atoms with E-state index in [0.717, 1.165) is 28.2 Å². The highest BCUT2D eigenvalue weighted by molar-refractivity contribution is 5.41. The minimum Gasteiger partial charge on any atom is -0.494 e. The van der Waals surface area contributed by atoms with Crippen LogP contribution in [0.2, 0.25) is 0 Å². The van der Waals surface area contributed by atoms with Crippen LogP contribution in [0.5, 0.6) is 11.5 Å². The minimum absolute atomic E-state index is 0.120. The van der Waals surface area contributed by atoms with Crippen LogP contribution in [0.4, 0.5) is 0 Å². The maximum atomic E-state index is 10.4. The molecule has 2 aromatic carbocycles. The molecule has 0 saturated carbocycles. The largest absolute Gasteiger partial charge is 0.494 e. The number of aryl methyl sites for hydroxylation is 1. The van der Waals surface area contributed by atoms with E-state index in [1.165, 1.54) is 0 Å². The maximum absolute atomic E-state index is 10.4. The zero-order valence-electron chi connectivity index (χ0n) is 12.4. The van der Waals surface area contributed by atoms with Gasteiger partial charge in [-0.2, -0.15) is 0 Å². The fraction of sp³-hybridized carbons (Fsp3) is 0.333. The van der Waals surface area contributed by atoms with E-state index < -0.39 is 6.10 Å². The third-order valence-corrected chi connectivity index (χ3v) is 3.79. The Hall–Kier alpha value is -2.00. The summed E-state index contributed by atoms with van der Waals surface area (Å²) < 4.78 is 11.5. The van der Waals surface area contributed by atoms with E-state index in [1.807, 2.05) is 56.3 Å². The van der Waals surface area contributed by atoms with E-state index >= 15 is 0 Å². The number of benzene rings is 2. The molecule has 0 aliphatic carbocycles. The Kier molecular flexibility index (Phi) is 3.84. The number of aliphatic hydroxyl groups is 1. The second kappa shape index (κ2) is 5.78. The van der Waals surface area contributed by atoms with Crippen LogP contribution in [-0.4, -0.2) is 11.7 Å². The summed E-state index contributed by atoms with van der Waals surface area (Å²) in [7, 11) is 0. The molecule has 0 amide bonds. The summed E-state index contributed by atoms with van der Waals surface area (Å²) in [5.74, 6) is 1.63. The zero-order chi connectivity index (χ0) is 14.8. The molecule has 0 radical (unpaired) electrons. The molecule has 0 saturated heterocycles. The van der Waals surface area contributed by atoms with Gasteiger partial charge in [0.25, 0.3) is 0 Å². The third kappa shape index (κ3) is 2.88. The Morgan fingerprint density at radius 3 is 2.67 bits per heavy atom. The van der Waals surface area contributed by atoms with Crippen molar-refractivity contribution in [3.63, 3.8) is 0 Å². The molecule has 0 spiro atoms. The summed E-state index contributed by atoms with van der Waals surface area (Å²) in [6.07, 6.45) is -0.0270. The van der Waals surface area contributed by atoms with Gasteiger partial charge in [-0.15, -0.1) is 0 Å². The second-order valence-electron chi connectivity index (χ2n) is 5.40. The van der Waals surface area contributed by atoms with E-state index in [-0.39, 0.29) is 6.10 Å². The zero-order valence-corrected chi connectivity index (χ0v) is 12.4. The molecular formula is C18H20O3. The van der Waals surface area contributed by atoms with Gasteiger partial charge in [0.2, 0.25) is 0 Å². The van der Waals surface area contributed by atoms with Crippen LogP contribution in [0.3, 0.4) is 0 Å². The van der Waals surface area contributed by atoms with Crippen molar-refractivity contribution in [3.8, 4) is 11.5 Å². The molecule has 1 unspecified atom stereocenters. The first kappa shape index (κ1) is 14.0. The maximum Gasteiger partial charge on any atom is 0.127 e. The molecule has 3 rings (SSSR count). The molecule has 21 heavy (non-hydrogen) atoms. The van der Waals surface area contributed by atoms with Crippen LogP contribution in [0.1, 0.15) is 42.2 Å². The fourth-order valence-electron chi connectivity index (χ4n) is 2.72. The Morgan fingerprint density at radius 2 is 1.95 bits per heavy atom. The van der Waals surface area contributed by atoms with Crippen LogP contribution in [-0.2, 0) is 0 Å². The summed E-state index contributed by atoms with van der Waals surface area (Å²) >= 11 is 0. The van der Waals surface area contributed by atoms with Gasteiger partial charge in [-0.25, -0.2) is 0 Å². The Morgan fingerprint density at radius 1 is 1.19 bits per heavy atom. The van der Waals surface area contributed by atoms with Gasteiger partial charge in [0.15, 0.2) is 0 Å². The second-order valence-corrected chi connectivity index (χ2v) is 5.40. The predicted octanol–water partition coefficient (Wildman–Crippen LogP) is 3.95. The smallest absolute Gasteiger partial charge is 0.127 e. The highest BCUT2D eigenvalue weighted by atomic mass is 16.5. The van der Waals surface area contributed by atoms with E-state index in [9.17, 15) is 5.11 Å². The van der Waals surface area contributed by atoms with E-state index in [2.05, 4.69) is 0 Å². The first-order chi connectivity index (χ1) is 10.2. The number of hydrogen-bond acceptors (Lipinski definition) is 3. The van der Waals surface area contributed by atoms with Crippen molar-refractivity contribution in [1.29, 1.82) is 0 Å². The summed E-state index contributed by atoms with van der Waals surface area (Å²) in [5.41, 5.74) is 3.08. The molecule has 1 aliphatic heterocycles.